The normalized spacial score (nSPS) is 11.5. The van der Waals surface area contributed by atoms with Gasteiger partial charge < -0.3 is 10.1 Å². The van der Waals surface area contributed by atoms with Gasteiger partial charge in [-0.2, -0.15) is 0 Å². The molecule has 2 aromatic carbocycles. The summed E-state index contributed by atoms with van der Waals surface area (Å²) < 4.78 is 4.75. The Morgan fingerprint density at radius 1 is 1.15 bits per heavy atom. The van der Waals surface area contributed by atoms with Crippen molar-refractivity contribution in [2.75, 3.05) is 7.11 Å². The molecule has 0 aliphatic rings. The van der Waals surface area contributed by atoms with Crippen molar-refractivity contribution in [3.8, 4) is 0 Å². The third-order valence-electron chi connectivity index (χ3n) is 3.89. The molecule has 1 N–H and O–H groups in total. The fraction of sp³-hybridized carbons (Fsp3) is 0.263. The van der Waals surface area contributed by atoms with E-state index in [0.717, 1.165) is 11.1 Å². The van der Waals surface area contributed by atoms with Crippen LogP contribution in [-0.2, 0) is 16.0 Å². The number of rotatable bonds is 6. The van der Waals surface area contributed by atoms with E-state index in [9.17, 15) is 19.7 Å². The number of nitro groups is 1. The molecule has 136 valence electrons. The Morgan fingerprint density at radius 3 is 2.35 bits per heavy atom. The molecule has 0 aromatic heterocycles. The van der Waals surface area contributed by atoms with Crippen LogP contribution in [0.15, 0.2) is 42.5 Å². The van der Waals surface area contributed by atoms with Gasteiger partial charge in [0.15, 0.2) is 0 Å². The van der Waals surface area contributed by atoms with E-state index in [4.69, 9.17) is 4.74 Å². The highest BCUT2D eigenvalue weighted by Crippen LogP contribution is 2.20. The Hall–Kier alpha value is -3.22. The van der Waals surface area contributed by atoms with Crippen molar-refractivity contribution >= 4 is 17.6 Å². The molecule has 0 fully saturated rings. The summed E-state index contributed by atoms with van der Waals surface area (Å²) in [7, 11) is 1.21. The van der Waals surface area contributed by atoms with Crippen LogP contribution in [-0.4, -0.2) is 30.0 Å². The number of aryl methyl sites for hydroxylation is 2. The number of carbonyl (C=O) groups excluding carboxylic acids is 2. The minimum Gasteiger partial charge on any atom is -0.467 e. The van der Waals surface area contributed by atoms with Gasteiger partial charge >= 0.3 is 5.97 Å². The maximum absolute atomic E-state index is 12.5. The Labute approximate surface area is 151 Å². The van der Waals surface area contributed by atoms with Crippen LogP contribution < -0.4 is 5.32 Å². The average molecular weight is 356 g/mol. The van der Waals surface area contributed by atoms with Crippen LogP contribution in [0.25, 0.3) is 0 Å². The van der Waals surface area contributed by atoms with Crippen LogP contribution in [0.2, 0.25) is 0 Å². The van der Waals surface area contributed by atoms with Gasteiger partial charge in [0.05, 0.1) is 12.0 Å². The topological polar surface area (TPSA) is 98.5 Å². The molecule has 0 saturated carbocycles. The van der Waals surface area contributed by atoms with Gasteiger partial charge in [0.25, 0.3) is 11.6 Å². The van der Waals surface area contributed by atoms with Crippen molar-refractivity contribution in [2.24, 2.45) is 0 Å². The number of methoxy groups -OCH3 is 1. The highest BCUT2D eigenvalue weighted by Gasteiger charge is 2.26. The minimum absolute atomic E-state index is 0.0413. The number of benzene rings is 2. The summed E-state index contributed by atoms with van der Waals surface area (Å²) in [5.41, 5.74) is 2.49. The van der Waals surface area contributed by atoms with Crippen molar-refractivity contribution in [3.05, 3.63) is 74.8 Å². The van der Waals surface area contributed by atoms with Crippen molar-refractivity contribution in [2.45, 2.75) is 26.3 Å². The monoisotopic (exact) mass is 356 g/mol. The summed E-state index contributed by atoms with van der Waals surface area (Å²) in [6.07, 6.45) is -0.0413. The first kappa shape index (κ1) is 19.1. The maximum Gasteiger partial charge on any atom is 0.328 e. The molecule has 0 unspecified atom stereocenters. The van der Waals surface area contributed by atoms with Gasteiger partial charge in [-0.05, 0) is 26.0 Å². The number of nitrogens with one attached hydrogen (secondary N) is 1. The zero-order chi connectivity index (χ0) is 19.3. The summed E-state index contributed by atoms with van der Waals surface area (Å²) in [6, 6.07) is 10.4. The van der Waals surface area contributed by atoms with E-state index in [-0.39, 0.29) is 12.1 Å². The minimum atomic E-state index is -1.03. The predicted octanol–water partition coefficient (Wildman–Crippen LogP) is 2.73. The van der Waals surface area contributed by atoms with Crippen molar-refractivity contribution in [3.63, 3.8) is 0 Å². The van der Waals surface area contributed by atoms with Crippen molar-refractivity contribution in [1.82, 2.24) is 5.32 Å². The first-order chi connectivity index (χ1) is 12.3. The van der Waals surface area contributed by atoms with E-state index in [1.54, 1.807) is 30.3 Å². The summed E-state index contributed by atoms with van der Waals surface area (Å²) in [5.74, 6) is -1.10. The SMILES string of the molecule is COC(=O)[C@H](Cc1ccccc1[N+](=O)[O-])NC(=O)c1cc(C)cc(C)c1. The van der Waals surface area contributed by atoms with Gasteiger partial charge in [-0.1, -0.05) is 35.4 Å². The van der Waals surface area contributed by atoms with Gasteiger partial charge in [-0.3, -0.25) is 14.9 Å². The third kappa shape index (κ3) is 4.66. The number of amides is 1. The largest absolute Gasteiger partial charge is 0.467 e. The van der Waals surface area contributed by atoms with Crippen LogP contribution in [0.3, 0.4) is 0 Å². The molecule has 0 heterocycles. The standard InChI is InChI=1S/C19H20N2O5/c1-12-8-13(2)10-15(9-12)18(22)20-16(19(23)26-3)11-14-6-4-5-7-17(14)21(24)25/h4-10,16H,11H2,1-3H3,(H,20,22)/t16-/m0/s1. The molecule has 2 aromatic rings. The highest BCUT2D eigenvalue weighted by atomic mass is 16.6. The summed E-state index contributed by atoms with van der Waals surface area (Å²) in [4.78, 5) is 35.3. The second-order valence-electron chi connectivity index (χ2n) is 6.02. The molecule has 0 aliphatic carbocycles. The quantitative estimate of drug-likeness (QED) is 0.487. The summed E-state index contributed by atoms with van der Waals surface area (Å²) in [6.45, 7) is 3.74. The fourth-order valence-electron chi connectivity index (χ4n) is 2.76. The number of hydrogen-bond donors (Lipinski definition) is 1. The van der Waals surface area contributed by atoms with Crippen molar-refractivity contribution in [1.29, 1.82) is 0 Å². The zero-order valence-electron chi connectivity index (χ0n) is 14.8. The lowest BCUT2D eigenvalue weighted by atomic mass is 10.0. The molecule has 0 spiro atoms. The second-order valence-corrected chi connectivity index (χ2v) is 6.02. The molecule has 0 bridgehead atoms. The number of carbonyl (C=O) groups is 2. The lowest BCUT2D eigenvalue weighted by Crippen LogP contribution is -2.43. The number of nitro benzene ring substituents is 1. The molecular formula is C19H20N2O5. The Balaban J connectivity index is 2.27. The molecule has 1 amide bonds. The van der Waals surface area contributed by atoms with E-state index >= 15 is 0 Å². The van der Waals surface area contributed by atoms with E-state index < -0.39 is 22.8 Å². The Kier molecular flexibility index (Phi) is 6.06. The number of para-hydroxylation sites is 1. The first-order valence-electron chi connectivity index (χ1n) is 8.01. The number of esters is 1. The highest BCUT2D eigenvalue weighted by molar-refractivity contribution is 5.97. The predicted molar refractivity (Wildman–Crippen MR) is 96.0 cm³/mol. The first-order valence-corrected chi connectivity index (χ1v) is 8.01. The van der Waals surface area contributed by atoms with Gasteiger partial charge in [-0.15, -0.1) is 0 Å². The average Bonchev–Trinajstić information content (AvgIpc) is 2.59. The molecular weight excluding hydrogens is 336 g/mol. The van der Waals surface area contributed by atoms with E-state index in [0.29, 0.717) is 11.1 Å². The molecule has 2 rings (SSSR count). The third-order valence-corrected chi connectivity index (χ3v) is 3.89. The number of ether oxygens (including phenoxy) is 1. The molecule has 0 saturated heterocycles. The molecule has 1 atom stereocenters. The van der Waals surface area contributed by atoms with Crippen LogP contribution in [0.4, 0.5) is 5.69 Å². The van der Waals surface area contributed by atoms with Gasteiger partial charge in [-0.25, -0.2) is 4.79 Å². The second kappa shape index (κ2) is 8.24. The van der Waals surface area contributed by atoms with E-state index in [1.165, 1.54) is 13.2 Å². The number of nitrogens with zero attached hydrogens (tertiary/aromatic N) is 1. The van der Waals surface area contributed by atoms with E-state index in [1.807, 2.05) is 19.9 Å². The molecule has 7 nitrogen and oxygen atoms in total. The Bertz CT molecular complexity index is 827. The molecule has 0 aliphatic heterocycles. The van der Waals surface area contributed by atoms with E-state index in [2.05, 4.69) is 5.32 Å². The van der Waals surface area contributed by atoms with Crippen LogP contribution >= 0.6 is 0 Å². The fourth-order valence-corrected chi connectivity index (χ4v) is 2.76. The maximum atomic E-state index is 12.5. The lowest BCUT2D eigenvalue weighted by molar-refractivity contribution is -0.385. The number of hydrogen-bond acceptors (Lipinski definition) is 5. The van der Waals surface area contributed by atoms with Gasteiger partial charge in [0.2, 0.25) is 0 Å². The summed E-state index contributed by atoms with van der Waals surface area (Å²) >= 11 is 0. The lowest BCUT2D eigenvalue weighted by Gasteiger charge is -2.17. The van der Waals surface area contributed by atoms with Gasteiger partial charge in [0.1, 0.15) is 6.04 Å². The zero-order valence-corrected chi connectivity index (χ0v) is 14.8. The Morgan fingerprint density at radius 2 is 1.77 bits per heavy atom. The molecule has 7 heteroatoms. The van der Waals surface area contributed by atoms with Crippen LogP contribution in [0.5, 0.6) is 0 Å². The smallest absolute Gasteiger partial charge is 0.328 e. The van der Waals surface area contributed by atoms with Crippen LogP contribution in [0.1, 0.15) is 27.0 Å². The molecule has 26 heavy (non-hydrogen) atoms. The van der Waals surface area contributed by atoms with Crippen molar-refractivity contribution < 1.29 is 19.2 Å². The van der Waals surface area contributed by atoms with Gasteiger partial charge in [0, 0.05) is 23.6 Å². The molecule has 0 radical (unpaired) electrons. The summed E-state index contributed by atoms with van der Waals surface area (Å²) in [5, 5.41) is 13.8. The van der Waals surface area contributed by atoms with Crippen LogP contribution in [0, 0.1) is 24.0 Å².